The zero-order valence-corrected chi connectivity index (χ0v) is 11.1. The van der Waals surface area contributed by atoms with Gasteiger partial charge in [-0.1, -0.05) is 6.92 Å². The molecule has 96 valence electrons. The average molecular weight is 240 g/mol. The number of aromatic nitrogens is 3. The standard InChI is InChI=1S/C11H20N4O2/c1-6-11(3,17-5)10(16)15(4)7-9-12-8(2)13-14-9/h6-7H2,1-5H3,(H,12,13,14). The molecule has 0 aliphatic heterocycles. The summed E-state index contributed by atoms with van der Waals surface area (Å²) < 4.78 is 5.27. The van der Waals surface area contributed by atoms with E-state index >= 15 is 0 Å². The minimum atomic E-state index is -0.778. The Bertz CT molecular complexity index is 385. The highest BCUT2D eigenvalue weighted by Crippen LogP contribution is 2.17. The second-order valence-corrected chi connectivity index (χ2v) is 4.29. The molecule has 1 amide bonds. The van der Waals surface area contributed by atoms with Crippen LogP contribution in [0.25, 0.3) is 0 Å². The Kier molecular flexibility index (Phi) is 4.22. The van der Waals surface area contributed by atoms with Crippen LogP contribution in [0.3, 0.4) is 0 Å². The molecule has 17 heavy (non-hydrogen) atoms. The van der Waals surface area contributed by atoms with Crippen LogP contribution in [0.4, 0.5) is 0 Å². The molecular weight excluding hydrogens is 220 g/mol. The summed E-state index contributed by atoms with van der Waals surface area (Å²) in [5.74, 6) is 1.28. The molecule has 1 rings (SSSR count). The molecule has 0 aliphatic carbocycles. The number of carbonyl (C=O) groups excluding carboxylic acids is 1. The Morgan fingerprint density at radius 3 is 2.65 bits per heavy atom. The van der Waals surface area contributed by atoms with E-state index in [1.165, 1.54) is 0 Å². The normalized spacial score (nSPS) is 14.4. The lowest BCUT2D eigenvalue weighted by Crippen LogP contribution is -2.46. The maximum absolute atomic E-state index is 12.2. The van der Waals surface area contributed by atoms with Gasteiger partial charge < -0.3 is 9.64 Å². The smallest absolute Gasteiger partial charge is 0.254 e. The van der Waals surface area contributed by atoms with Gasteiger partial charge in [-0.15, -0.1) is 0 Å². The van der Waals surface area contributed by atoms with Crippen molar-refractivity contribution in [1.29, 1.82) is 0 Å². The zero-order valence-electron chi connectivity index (χ0n) is 11.1. The van der Waals surface area contributed by atoms with Gasteiger partial charge in [0, 0.05) is 14.2 Å². The van der Waals surface area contributed by atoms with Crippen molar-refractivity contribution in [3.8, 4) is 0 Å². The molecule has 1 aromatic heterocycles. The topological polar surface area (TPSA) is 71.1 Å². The van der Waals surface area contributed by atoms with E-state index in [-0.39, 0.29) is 5.91 Å². The van der Waals surface area contributed by atoms with Gasteiger partial charge in [-0.2, -0.15) is 5.10 Å². The number of methoxy groups -OCH3 is 1. The molecule has 1 unspecified atom stereocenters. The van der Waals surface area contributed by atoms with Crippen LogP contribution >= 0.6 is 0 Å². The number of aromatic amines is 1. The highest BCUT2D eigenvalue weighted by atomic mass is 16.5. The Morgan fingerprint density at radius 1 is 1.59 bits per heavy atom. The molecule has 6 nitrogen and oxygen atoms in total. The fourth-order valence-electron chi connectivity index (χ4n) is 1.53. The van der Waals surface area contributed by atoms with Crippen molar-refractivity contribution in [3.63, 3.8) is 0 Å². The number of hydrogen-bond acceptors (Lipinski definition) is 4. The first-order chi connectivity index (χ1) is 7.92. The third kappa shape index (κ3) is 3.03. The number of hydrogen-bond donors (Lipinski definition) is 1. The fraction of sp³-hybridized carbons (Fsp3) is 0.727. The fourth-order valence-corrected chi connectivity index (χ4v) is 1.53. The molecule has 0 saturated carbocycles. The molecule has 0 fully saturated rings. The zero-order chi connectivity index (χ0) is 13.1. The maximum atomic E-state index is 12.2. The van der Waals surface area contributed by atoms with E-state index in [2.05, 4.69) is 15.2 Å². The van der Waals surface area contributed by atoms with E-state index in [1.807, 2.05) is 13.8 Å². The lowest BCUT2D eigenvalue weighted by Gasteiger charge is -2.29. The van der Waals surface area contributed by atoms with E-state index in [0.717, 1.165) is 5.82 Å². The Balaban J connectivity index is 2.70. The summed E-state index contributed by atoms with van der Waals surface area (Å²) in [7, 11) is 3.27. The van der Waals surface area contributed by atoms with Crippen molar-refractivity contribution < 1.29 is 9.53 Å². The quantitative estimate of drug-likeness (QED) is 0.829. The van der Waals surface area contributed by atoms with Crippen molar-refractivity contribution in [3.05, 3.63) is 11.6 Å². The van der Waals surface area contributed by atoms with Crippen LogP contribution in [0.5, 0.6) is 0 Å². The van der Waals surface area contributed by atoms with E-state index in [1.54, 1.807) is 26.0 Å². The molecule has 1 aromatic rings. The minimum Gasteiger partial charge on any atom is -0.369 e. The number of aryl methyl sites for hydroxylation is 1. The van der Waals surface area contributed by atoms with Crippen molar-refractivity contribution in [2.45, 2.75) is 39.3 Å². The minimum absolute atomic E-state index is 0.0649. The van der Waals surface area contributed by atoms with Crippen molar-refractivity contribution in [2.75, 3.05) is 14.2 Å². The monoisotopic (exact) mass is 240 g/mol. The van der Waals surface area contributed by atoms with E-state index in [9.17, 15) is 4.79 Å². The predicted molar refractivity (Wildman–Crippen MR) is 63.3 cm³/mol. The van der Waals surface area contributed by atoms with Gasteiger partial charge in [-0.3, -0.25) is 9.89 Å². The summed E-state index contributed by atoms with van der Waals surface area (Å²) in [6, 6.07) is 0. The summed E-state index contributed by atoms with van der Waals surface area (Å²) in [5.41, 5.74) is -0.778. The van der Waals surface area contributed by atoms with Gasteiger partial charge in [0.25, 0.3) is 5.91 Å². The Hall–Kier alpha value is -1.43. The SMILES string of the molecule is CCC(C)(OC)C(=O)N(C)Cc1n[nH]c(C)n1. The molecule has 1 heterocycles. The Morgan fingerprint density at radius 2 is 2.24 bits per heavy atom. The molecule has 1 atom stereocenters. The highest BCUT2D eigenvalue weighted by Gasteiger charge is 2.33. The molecule has 1 N–H and O–H groups in total. The number of likely N-dealkylation sites (N-methyl/N-ethyl adjacent to an activating group) is 1. The average Bonchev–Trinajstić information content (AvgIpc) is 2.72. The molecule has 6 heteroatoms. The second kappa shape index (κ2) is 5.27. The molecular formula is C11H20N4O2. The summed E-state index contributed by atoms with van der Waals surface area (Å²) in [6.07, 6.45) is 0.625. The third-order valence-electron chi connectivity index (χ3n) is 2.95. The van der Waals surface area contributed by atoms with Gasteiger partial charge in [0.1, 0.15) is 11.4 Å². The maximum Gasteiger partial charge on any atom is 0.254 e. The number of rotatable bonds is 5. The van der Waals surface area contributed by atoms with E-state index < -0.39 is 5.60 Å². The van der Waals surface area contributed by atoms with Crippen LogP contribution in [-0.2, 0) is 16.1 Å². The molecule has 0 aromatic carbocycles. The summed E-state index contributed by atoms with van der Waals surface area (Å²) in [5, 5.41) is 6.75. The van der Waals surface area contributed by atoms with E-state index in [4.69, 9.17) is 4.74 Å². The number of carbonyl (C=O) groups is 1. The second-order valence-electron chi connectivity index (χ2n) is 4.29. The molecule has 0 saturated heterocycles. The van der Waals surface area contributed by atoms with Crippen molar-refractivity contribution in [1.82, 2.24) is 20.1 Å². The van der Waals surface area contributed by atoms with Crippen LogP contribution < -0.4 is 0 Å². The lowest BCUT2D eigenvalue weighted by atomic mass is 10.0. The first kappa shape index (κ1) is 13.6. The number of ether oxygens (including phenoxy) is 1. The number of nitrogens with one attached hydrogen (secondary N) is 1. The number of nitrogens with zero attached hydrogens (tertiary/aromatic N) is 3. The lowest BCUT2D eigenvalue weighted by molar-refractivity contribution is -0.152. The molecule has 0 spiro atoms. The van der Waals surface area contributed by atoms with Gasteiger partial charge >= 0.3 is 0 Å². The number of amides is 1. The van der Waals surface area contributed by atoms with Gasteiger partial charge in [0.2, 0.25) is 0 Å². The first-order valence-electron chi connectivity index (χ1n) is 5.61. The van der Waals surface area contributed by atoms with Crippen molar-refractivity contribution in [2.24, 2.45) is 0 Å². The van der Waals surface area contributed by atoms with Gasteiger partial charge in [-0.05, 0) is 20.3 Å². The molecule has 0 bridgehead atoms. The highest BCUT2D eigenvalue weighted by molar-refractivity contribution is 5.84. The molecule has 0 aliphatic rings. The Labute approximate surface area is 101 Å². The molecule has 0 radical (unpaired) electrons. The van der Waals surface area contributed by atoms with Crippen molar-refractivity contribution >= 4 is 5.91 Å². The van der Waals surface area contributed by atoms with Gasteiger partial charge in [-0.25, -0.2) is 4.98 Å². The van der Waals surface area contributed by atoms with Crippen LogP contribution in [-0.4, -0.2) is 45.7 Å². The van der Waals surface area contributed by atoms with Gasteiger partial charge in [0.05, 0.1) is 6.54 Å². The summed E-state index contributed by atoms with van der Waals surface area (Å²) in [4.78, 5) is 17.9. The summed E-state index contributed by atoms with van der Waals surface area (Å²) in [6.45, 7) is 5.91. The predicted octanol–water partition coefficient (Wildman–Crippen LogP) is 0.887. The van der Waals surface area contributed by atoms with Gasteiger partial charge in [0.15, 0.2) is 5.82 Å². The van der Waals surface area contributed by atoms with Crippen LogP contribution in [0.1, 0.15) is 31.9 Å². The summed E-state index contributed by atoms with van der Waals surface area (Å²) >= 11 is 0. The van der Waals surface area contributed by atoms with Crippen LogP contribution in [0.2, 0.25) is 0 Å². The largest absolute Gasteiger partial charge is 0.369 e. The van der Waals surface area contributed by atoms with Crippen LogP contribution in [0.15, 0.2) is 0 Å². The van der Waals surface area contributed by atoms with Crippen LogP contribution in [0, 0.1) is 6.92 Å². The number of H-pyrrole nitrogens is 1. The first-order valence-corrected chi connectivity index (χ1v) is 5.61. The van der Waals surface area contributed by atoms with E-state index in [0.29, 0.717) is 18.8 Å². The third-order valence-corrected chi connectivity index (χ3v) is 2.95.